The van der Waals surface area contributed by atoms with Crippen molar-refractivity contribution in [2.45, 2.75) is 11.8 Å². The summed E-state index contributed by atoms with van der Waals surface area (Å²) < 4.78 is 1.39. The Labute approximate surface area is 164 Å². The summed E-state index contributed by atoms with van der Waals surface area (Å²) in [5.74, 6) is -0.331. The molecule has 2 aromatic heterocycles. The summed E-state index contributed by atoms with van der Waals surface area (Å²) in [5.41, 5.74) is 0.969. The number of nitrogens with one attached hydrogen (secondary N) is 1. The lowest BCUT2D eigenvalue weighted by Crippen LogP contribution is -2.18. The van der Waals surface area contributed by atoms with Crippen LogP contribution in [-0.2, 0) is 7.05 Å². The lowest BCUT2D eigenvalue weighted by atomic mass is 10.2. The van der Waals surface area contributed by atoms with E-state index in [4.69, 9.17) is 0 Å². The molecule has 3 rings (SSSR count). The number of aryl methyl sites for hydroxylation is 2. The minimum absolute atomic E-state index is 0.137. The molecule has 1 N–H and O–H groups in total. The molecule has 0 radical (unpaired) electrons. The molecular weight excluding hydrogens is 384 g/mol. The fraction of sp³-hybridized carbons (Fsp3) is 0.222. The summed E-state index contributed by atoms with van der Waals surface area (Å²) in [4.78, 5) is 44.5. The fourth-order valence-corrected chi connectivity index (χ4v) is 4.23. The van der Waals surface area contributed by atoms with Gasteiger partial charge in [0.05, 0.1) is 22.3 Å². The van der Waals surface area contributed by atoms with E-state index < -0.39 is 0 Å². The highest BCUT2D eigenvalue weighted by molar-refractivity contribution is 8.13. The number of para-hydroxylation sites is 1. The van der Waals surface area contributed by atoms with Crippen LogP contribution in [0.1, 0.15) is 15.2 Å². The van der Waals surface area contributed by atoms with Crippen molar-refractivity contribution in [2.75, 3.05) is 19.4 Å². The lowest BCUT2D eigenvalue weighted by molar-refractivity contribution is 0.103. The summed E-state index contributed by atoms with van der Waals surface area (Å²) >= 11 is 2.22. The smallest absolute Gasteiger partial charge is 0.286 e. The quantitative estimate of drug-likeness (QED) is 0.680. The van der Waals surface area contributed by atoms with Crippen molar-refractivity contribution < 1.29 is 9.59 Å². The number of carbonyl (C=O) groups excluding carboxylic acids is 2. The van der Waals surface area contributed by atoms with Crippen LogP contribution in [0.15, 0.2) is 40.3 Å². The second-order valence-electron chi connectivity index (χ2n) is 6.11. The average molecular weight is 403 g/mol. The zero-order valence-electron chi connectivity index (χ0n) is 15.3. The first-order valence-electron chi connectivity index (χ1n) is 8.04. The van der Waals surface area contributed by atoms with E-state index in [-0.39, 0.29) is 16.7 Å². The summed E-state index contributed by atoms with van der Waals surface area (Å²) in [6.07, 6.45) is 1.45. The summed E-state index contributed by atoms with van der Waals surface area (Å²) in [6, 6.07) is 7.11. The van der Waals surface area contributed by atoms with Gasteiger partial charge >= 0.3 is 0 Å². The highest BCUT2D eigenvalue weighted by Gasteiger charge is 2.20. The lowest BCUT2D eigenvalue weighted by Gasteiger charge is -2.13. The number of benzene rings is 1. The third-order valence-electron chi connectivity index (χ3n) is 3.91. The predicted octanol–water partition coefficient (Wildman–Crippen LogP) is 3.33. The normalized spacial score (nSPS) is 10.8. The molecule has 0 aliphatic rings. The third-order valence-corrected chi connectivity index (χ3v) is 6.23. The first kappa shape index (κ1) is 19.1. The first-order valence-corrected chi connectivity index (χ1v) is 9.67. The molecule has 140 valence electrons. The molecule has 0 aliphatic carbocycles. The number of thiophene rings is 1. The Morgan fingerprint density at radius 3 is 2.67 bits per heavy atom. The van der Waals surface area contributed by atoms with Gasteiger partial charge in [-0.2, -0.15) is 0 Å². The van der Waals surface area contributed by atoms with E-state index in [0.717, 1.165) is 11.8 Å². The second kappa shape index (κ2) is 7.53. The molecular formula is C18H18N4O3S2. The van der Waals surface area contributed by atoms with Crippen molar-refractivity contribution >= 4 is 50.1 Å². The SMILES string of the molecule is Cc1c(C(=O)Nc2ccccc2SC(=O)N(C)C)sc2ncn(C)c(=O)c12. The molecule has 2 heterocycles. The third kappa shape index (κ3) is 3.74. The predicted molar refractivity (Wildman–Crippen MR) is 109 cm³/mol. The number of hydrogen-bond acceptors (Lipinski definition) is 6. The van der Waals surface area contributed by atoms with Crippen molar-refractivity contribution in [3.05, 3.63) is 51.4 Å². The molecule has 0 fully saturated rings. The Morgan fingerprint density at radius 1 is 1.26 bits per heavy atom. The number of hydrogen-bond donors (Lipinski definition) is 1. The molecule has 2 amide bonds. The number of rotatable bonds is 3. The molecule has 7 nitrogen and oxygen atoms in total. The van der Waals surface area contributed by atoms with Gasteiger partial charge in [-0.05, 0) is 36.4 Å². The van der Waals surface area contributed by atoms with Gasteiger partial charge in [-0.25, -0.2) is 4.98 Å². The van der Waals surface area contributed by atoms with Crippen molar-refractivity contribution in [1.82, 2.24) is 14.5 Å². The van der Waals surface area contributed by atoms with Gasteiger partial charge in [-0.1, -0.05) is 12.1 Å². The van der Waals surface area contributed by atoms with E-state index in [2.05, 4.69) is 10.3 Å². The van der Waals surface area contributed by atoms with Crippen LogP contribution in [0.25, 0.3) is 10.2 Å². The van der Waals surface area contributed by atoms with Crippen molar-refractivity contribution in [3.63, 3.8) is 0 Å². The van der Waals surface area contributed by atoms with E-state index in [1.165, 1.54) is 27.1 Å². The number of fused-ring (bicyclic) bond motifs is 1. The fourth-order valence-electron chi connectivity index (χ4n) is 2.45. The molecule has 0 saturated heterocycles. The maximum absolute atomic E-state index is 12.8. The topological polar surface area (TPSA) is 84.3 Å². The monoisotopic (exact) mass is 402 g/mol. The van der Waals surface area contributed by atoms with E-state index in [9.17, 15) is 14.4 Å². The van der Waals surface area contributed by atoms with E-state index in [0.29, 0.717) is 31.2 Å². The molecule has 0 aliphatic heterocycles. The van der Waals surface area contributed by atoms with Gasteiger partial charge in [0.25, 0.3) is 16.7 Å². The summed E-state index contributed by atoms with van der Waals surface area (Å²) in [6.45, 7) is 1.74. The van der Waals surface area contributed by atoms with Crippen LogP contribution >= 0.6 is 23.1 Å². The van der Waals surface area contributed by atoms with Crippen LogP contribution in [0.2, 0.25) is 0 Å². The number of nitrogens with zero attached hydrogens (tertiary/aromatic N) is 3. The molecule has 0 unspecified atom stereocenters. The molecule has 0 bridgehead atoms. The van der Waals surface area contributed by atoms with Gasteiger partial charge in [0.1, 0.15) is 4.83 Å². The number of amides is 2. The standard InChI is InChI=1S/C18H18N4O3S2/c1-10-13-16(19-9-22(4)17(13)24)27-14(10)15(23)20-11-7-5-6-8-12(11)26-18(25)21(2)3/h5-9H,1-4H3,(H,20,23). The van der Waals surface area contributed by atoms with E-state index in [1.807, 2.05) is 0 Å². The maximum atomic E-state index is 12.8. The largest absolute Gasteiger partial charge is 0.339 e. The molecule has 0 spiro atoms. The molecule has 9 heteroatoms. The van der Waals surface area contributed by atoms with Crippen LogP contribution in [0.4, 0.5) is 10.5 Å². The molecule has 3 aromatic rings. The van der Waals surface area contributed by atoms with Gasteiger partial charge in [0, 0.05) is 26.0 Å². The Balaban J connectivity index is 1.94. The van der Waals surface area contributed by atoms with Gasteiger partial charge in [-0.15, -0.1) is 11.3 Å². The molecule has 0 atom stereocenters. The maximum Gasteiger partial charge on any atom is 0.286 e. The Bertz CT molecular complexity index is 1100. The summed E-state index contributed by atoms with van der Waals surface area (Å²) in [5, 5.41) is 3.17. The zero-order chi connectivity index (χ0) is 19.7. The first-order chi connectivity index (χ1) is 12.8. The van der Waals surface area contributed by atoms with Crippen LogP contribution in [0.5, 0.6) is 0 Å². The Kier molecular flexibility index (Phi) is 5.33. The minimum atomic E-state index is -0.331. The number of aromatic nitrogens is 2. The number of thioether (sulfide) groups is 1. The van der Waals surface area contributed by atoms with Crippen LogP contribution in [0, 0.1) is 6.92 Å². The highest BCUT2D eigenvalue weighted by Crippen LogP contribution is 2.31. The van der Waals surface area contributed by atoms with Crippen LogP contribution in [0.3, 0.4) is 0 Å². The van der Waals surface area contributed by atoms with Gasteiger partial charge in [0.15, 0.2) is 0 Å². The van der Waals surface area contributed by atoms with Crippen molar-refractivity contribution in [2.24, 2.45) is 7.05 Å². The zero-order valence-corrected chi connectivity index (χ0v) is 16.9. The van der Waals surface area contributed by atoms with E-state index in [1.54, 1.807) is 52.3 Å². The molecule has 27 heavy (non-hydrogen) atoms. The molecule has 0 saturated carbocycles. The van der Waals surface area contributed by atoms with Crippen LogP contribution < -0.4 is 10.9 Å². The number of anilines is 1. The number of carbonyl (C=O) groups is 2. The Morgan fingerprint density at radius 2 is 1.96 bits per heavy atom. The van der Waals surface area contributed by atoms with Gasteiger partial charge < -0.3 is 14.8 Å². The van der Waals surface area contributed by atoms with Gasteiger partial charge in [0.2, 0.25) is 0 Å². The van der Waals surface area contributed by atoms with Crippen molar-refractivity contribution in [3.8, 4) is 0 Å². The molecule has 1 aromatic carbocycles. The highest BCUT2D eigenvalue weighted by atomic mass is 32.2. The van der Waals surface area contributed by atoms with Gasteiger partial charge in [-0.3, -0.25) is 14.4 Å². The second-order valence-corrected chi connectivity index (χ2v) is 8.10. The summed E-state index contributed by atoms with van der Waals surface area (Å²) in [7, 11) is 4.97. The minimum Gasteiger partial charge on any atom is -0.339 e. The van der Waals surface area contributed by atoms with E-state index >= 15 is 0 Å². The van der Waals surface area contributed by atoms with Crippen LogP contribution in [-0.4, -0.2) is 39.7 Å². The van der Waals surface area contributed by atoms with Crippen molar-refractivity contribution in [1.29, 1.82) is 0 Å². The Hall–Kier alpha value is -2.65. The average Bonchev–Trinajstić information content (AvgIpc) is 2.97.